The van der Waals surface area contributed by atoms with Crippen molar-refractivity contribution < 1.29 is 9.90 Å². The summed E-state index contributed by atoms with van der Waals surface area (Å²) in [5, 5.41) is 9.27. The maximum Gasteiger partial charge on any atom is 0.337 e. The Bertz CT molecular complexity index is 312. The van der Waals surface area contributed by atoms with Gasteiger partial charge in [0.2, 0.25) is 0 Å². The molecule has 4 heteroatoms. The van der Waals surface area contributed by atoms with Crippen molar-refractivity contribution in [1.82, 2.24) is 4.98 Å². The zero-order valence-electron chi connectivity index (χ0n) is 6.54. The number of rotatable bonds is 2. The molecule has 0 fully saturated rings. The number of hydrogen-bond acceptors (Lipinski definition) is 2. The molecule has 1 N–H and O–H groups in total. The molecule has 64 valence electrons. The van der Waals surface area contributed by atoms with Gasteiger partial charge >= 0.3 is 5.97 Å². The van der Waals surface area contributed by atoms with Gasteiger partial charge in [-0.3, -0.25) is 4.98 Å². The highest BCUT2D eigenvalue weighted by Gasteiger charge is 2.05. The first-order valence-corrected chi connectivity index (χ1v) is 4.52. The highest BCUT2D eigenvalue weighted by Crippen LogP contribution is 2.10. The molecule has 3 nitrogen and oxygen atoms in total. The predicted octanol–water partition coefficient (Wildman–Crippen LogP) is 1.98. The highest BCUT2D eigenvalue weighted by atomic mass is 79.9. The van der Waals surface area contributed by atoms with Gasteiger partial charge in [0.25, 0.3) is 0 Å². The molecule has 0 aromatic carbocycles. The normalized spacial score (nSPS) is 9.83. The molecule has 0 saturated heterocycles. The largest absolute Gasteiger partial charge is 0.478 e. The van der Waals surface area contributed by atoms with Crippen molar-refractivity contribution in [3.05, 3.63) is 29.1 Å². The summed E-state index contributed by atoms with van der Waals surface area (Å²) < 4.78 is 0. The minimum atomic E-state index is -0.938. The second kappa shape index (κ2) is 3.67. The summed E-state index contributed by atoms with van der Waals surface area (Å²) in [5.74, 6) is -0.938. The van der Waals surface area contributed by atoms with Crippen LogP contribution in [0.25, 0.3) is 0 Å². The number of aromatic nitrogens is 1. The Balaban J connectivity index is 3.10. The molecule has 0 saturated carbocycles. The summed E-state index contributed by atoms with van der Waals surface area (Å²) in [7, 11) is 0. The SMILES string of the molecule is Cc1cc(C(=O)O)cnc1CBr. The first-order chi connectivity index (χ1) is 5.65. The van der Waals surface area contributed by atoms with E-state index < -0.39 is 5.97 Å². The van der Waals surface area contributed by atoms with Crippen molar-refractivity contribution in [2.24, 2.45) is 0 Å². The van der Waals surface area contributed by atoms with Gasteiger partial charge in [0, 0.05) is 11.5 Å². The van der Waals surface area contributed by atoms with Crippen molar-refractivity contribution in [2.45, 2.75) is 12.3 Å². The van der Waals surface area contributed by atoms with Crippen molar-refractivity contribution >= 4 is 21.9 Å². The lowest BCUT2D eigenvalue weighted by molar-refractivity contribution is 0.0696. The van der Waals surface area contributed by atoms with Crippen molar-refractivity contribution in [1.29, 1.82) is 0 Å². The number of alkyl halides is 1. The van der Waals surface area contributed by atoms with E-state index in [1.165, 1.54) is 6.20 Å². The maximum absolute atomic E-state index is 10.5. The third kappa shape index (κ3) is 1.82. The Kier molecular flexibility index (Phi) is 2.81. The van der Waals surface area contributed by atoms with Gasteiger partial charge < -0.3 is 5.11 Å². The van der Waals surface area contributed by atoms with Crippen molar-refractivity contribution in [3.8, 4) is 0 Å². The second-order valence-electron chi connectivity index (χ2n) is 2.43. The van der Waals surface area contributed by atoms with E-state index in [0.717, 1.165) is 11.3 Å². The van der Waals surface area contributed by atoms with E-state index >= 15 is 0 Å². The van der Waals surface area contributed by atoms with Crippen LogP contribution in [0.1, 0.15) is 21.6 Å². The van der Waals surface area contributed by atoms with Crippen LogP contribution in [-0.2, 0) is 5.33 Å². The third-order valence-corrected chi connectivity index (χ3v) is 2.09. The van der Waals surface area contributed by atoms with Gasteiger partial charge in [-0.05, 0) is 18.6 Å². The summed E-state index contributed by atoms with van der Waals surface area (Å²) in [6.45, 7) is 1.84. The standard InChI is InChI=1S/C8H8BrNO2/c1-5-2-6(8(11)12)4-10-7(5)3-9/h2,4H,3H2,1H3,(H,11,12). The number of carboxylic acids is 1. The van der Waals surface area contributed by atoms with Crippen LogP contribution in [0, 0.1) is 6.92 Å². The number of aromatic carboxylic acids is 1. The minimum absolute atomic E-state index is 0.234. The molecular weight excluding hydrogens is 222 g/mol. The lowest BCUT2D eigenvalue weighted by Gasteiger charge is -2.01. The molecular formula is C8H8BrNO2. The molecule has 1 rings (SSSR count). The van der Waals surface area contributed by atoms with Gasteiger partial charge in [-0.1, -0.05) is 15.9 Å². The van der Waals surface area contributed by atoms with Gasteiger partial charge in [-0.15, -0.1) is 0 Å². The molecule has 0 spiro atoms. The van der Waals surface area contributed by atoms with E-state index in [0.29, 0.717) is 5.33 Å². The first-order valence-electron chi connectivity index (χ1n) is 3.40. The molecule has 0 unspecified atom stereocenters. The van der Waals surface area contributed by atoms with Crippen molar-refractivity contribution in [2.75, 3.05) is 0 Å². The van der Waals surface area contributed by atoms with E-state index in [2.05, 4.69) is 20.9 Å². The van der Waals surface area contributed by atoms with Crippen LogP contribution in [0.5, 0.6) is 0 Å². The Morgan fingerprint density at radius 2 is 2.42 bits per heavy atom. The fourth-order valence-electron chi connectivity index (χ4n) is 0.860. The smallest absolute Gasteiger partial charge is 0.337 e. The molecule has 1 heterocycles. The molecule has 0 aliphatic heterocycles. The summed E-state index contributed by atoms with van der Waals surface area (Å²) >= 11 is 3.26. The summed E-state index contributed by atoms with van der Waals surface area (Å²) in [6.07, 6.45) is 1.37. The second-order valence-corrected chi connectivity index (χ2v) is 2.99. The van der Waals surface area contributed by atoms with Crippen LogP contribution in [0.2, 0.25) is 0 Å². The average Bonchev–Trinajstić information content (AvgIpc) is 2.04. The van der Waals surface area contributed by atoms with Crippen LogP contribution in [0.3, 0.4) is 0 Å². The number of aryl methyl sites for hydroxylation is 1. The van der Waals surface area contributed by atoms with E-state index in [1.54, 1.807) is 6.07 Å². The fraction of sp³-hybridized carbons (Fsp3) is 0.250. The molecule has 0 aliphatic rings. The van der Waals surface area contributed by atoms with Gasteiger partial charge in [-0.25, -0.2) is 4.79 Å². The quantitative estimate of drug-likeness (QED) is 0.790. The third-order valence-electron chi connectivity index (χ3n) is 1.56. The van der Waals surface area contributed by atoms with E-state index in [1.807, 2.05) is 6.92 Å². The van der Waals surface area contributed by atoms with Crippen LogP contribution in [0.4, 0.5) is 0 Å². The lowest BCUT2D eigenvalue weighted by atomic mass is 10.2. The van der Waals surface area contributed by atoms with Gasteiger partial charge in [0.1, 0.15) is 0 Å². The molecule has 1 aromatic heterocycles. The molecule has 12 heavy (non-hydrogen) atoms. The number of nitrogens with zero attached hydrogens (tertiary/aromatic N) is 1. The van der Waals surface area contributed by atoms with Crippen LogP contribution >= 0.6 is 15.9 Å². The summed E-state index contributed by atoms with van der Waals surface area (Å²) in [6, 6.07) is 1.62. The minimum Gasteiger partial charge on any atom is -0.478 e. The summed E-state index contributed by atoms with van der Waals surface area (Å²) in [5.41, 5.74) is 2.00. The Hall–Kier alpha value is -0.900. The molecule has 0 amide bonds. The Morgan fingerprint density at radius 3 is 2.83 bits per heavy atom. The lowest BCUT2D eigenvalue weighted by Crippen LogP contribution is -2.00. The molecule has 0 radical (unpaired) electrons. The van der Waals surface area contributed by atoms with E-state index in [9.17, 15) is 4.79 Å². The Morgan fingerprint density at radius 1 is 1.75 bits per heavy atom. The van der Waals surface area contributed by atoms with Gasteiger partial charge in [0.05, 0.1) is 11.3 Å². The Labute approximate surface area is 78.6 Å². The fourth-order valence-corrected chi connectivity index (χ4v) is 1.45. The number of carbonyl (C=O) groups is 1. The zero-order chi connectivity index (χ0) is 9.14. The molecule has 0 bridgehead atoms. The molecule has 0 aliphatic carbocycles. The van der Waals surface area contributed by atoms with Gasteiger partial charge in [-0.2, -0.15) is 0 Å². The predicted molar refractivity (Wildman–Crippen MR) is 48.6 cm³/mol. The first kappa shape index (κ1) is 9.19. The van der Waals surface area contributed by atoms with Crippen molar-refractivity contribution in [3.63, 3.8) is 0 Å². The summed E-state index contributed by atoms with van der Waals surface area (Å²) in [4.78, 5) is 14.5. The average molecular weight is 230 g/mol. The maximum atomic E-state index is 10.5. The monoisotopic (exact) mass is 229 g/mol. The van der Waals surface area contributed by atoms with E-state index in [4.69, 9.17) is 5.11 Å². The van der Waals surface area contributed by atoms with E-state index in [-0.39, 0.29) is 5.56 Å². The number of halogens is 1. The molecule has 1 aromatic rings. The highest BCUT2D eigenvalue weighted by molar-refractivity contribution is 9.08. The topological polar surface area (TPSA) is 50.2 Å². The number of carboxylic acid groups (broad SMARTS) is 1. The zero-order valence-corrected chi connectivity index (χ0v) is 8.13. The van der Waals surface area contributed by atoms with Crippen LogP contribution < -0.4 is 0 Å². The number of pyridine rings is 1. The van der Waals surface area contributed by atoms with Crippen LogP contribution in [0.15, 0.2) is 12.3 Å². The number of hydrogen-bond donors (Lipinski definition) is 1. The van der Waals surface area contributed by atoms with Crippen LogP contribution in [-0.4, -0.2) is 16.1 Å². The van der Waals surface area contributed by atoms with Gasteiger partial charge in [0.15, 0.2) is 0 Å². The molecule has 0 atom stereocenters.